The molecule has 0 aliphatic heterocycles. The summed E-state index contributed by atoms with van der Waals surface area (Å²) < 4.78 is 7.14. The van der Waals surface area contributed by atoms with Gasteiger partial charge in [-0.1, -0.05) is 30.3 Å². The minimum atomic E-state index is 0.0369. The van der Waals surface area contributed by atoms with Gasteiger partial charge >= 0.3 is 0 Å². The Labute approximate surface area is 143 Å². The quantitative estimate of drug-likeness (QED) is 0.887. The molecule has 3 rings (SSSR count). The van der Waals surface area contributed by atoms with Gasteiger partial charge < -0.3 is 14.6 Å². The molecule has 1 heterocycles. The second kappa shape index (κ2) is 8.27. The number of ether oxygens (including phenoxy) is 1. The van der Waals surface area contributed by atoms with Gasteiger partial charge in [0.2, 0.25) is 0 Å². The molecule has 4 nitrogen and oxygen atoms in total. The third kappa shape index (κ3) is 4.56. The van der Waals surface area contributed by atoms with Crippen LogP contribution in [0.4, 0.5) is 0 Å². The van der Waals surface area contributed by atoms with Crippen LogP contribution in [0.15, 0.2) is 53.5 Å². The summed E-state index contributed by atoms with van der Waals surface area (Å²) in [5, 5.41) is 3.65. The molecule has 0 unspecified atom stereocenters. The van der Waals surface area contributed by atoms with Gasteiger partial charge in [-0.3, -0.25) is 4.79 Å². The van der Waals surface area contributed by atoms with Crippen molar-refractivity contribution in [2.24, 2.45) is 0 Å². The molecule has 1 aromatic heterocycles. The predicted molar refractivity (Wildman–Crippen MR) is 96.1 cm³/mol. The molecule has 2 aromatic rings. The SMILES string of the molecule is COC1CCC(NCc2ccc(Cn3ccccc3=O)cc2)CC1. The molecule has 0 atom stereocenters. The van der Waals surface area contributed by atoms with E-state index in [0.717, 1.165) is 24.9 Å². The van der Waals surface area contributed by atoms with Crippen LogP contribution < -0.4 is 10.9 Å². The fourth-order valence-electron chi connectivity index (χ4n) is 3.32. The summed E-state index contributed by atoms with van der Waals surface area (Å²) in [6.07, 6.45) is 6.95. The highest BCUT2D eigenvalue weighted by atomic mass is 16.5. The molecule has 1 fully saturated rings. The van der Waals surface area contributed by atoms with Crippen molar-refractivity contribution in [3.8, 4) is 0 Å². The molecular weight excluding hydrogens is 300 g/mol. The van der Waals surface area contributed by atoms with Crippen molar-refractivity contribution >= 4 is 0 Å². The van der Waals surface area contributed by atoms with E-state index in [1.54, 1.807) is 16.7 Å². The molecule has 1 aliphatic rings. The van der Waals surface area contributed by atoms with E-state index < -0.39 is 0 Å². The average molecular weight is 326 g/mol. The topological polar surface area (TPSA) is 43.3 Å². The molecule has 0 spiro atoms. The fourth-order valence-corrected chi connectivity index (χ4v) is 3.32. The Hall–Kier alpha value is -1.91. The first-order valence-corrected chi connectivity index (χ1v) is 8.74. The number of hydrogen-bond acceptors (Lipinski definition) is 3. The molecular formula is C20H26N2O2. The summed E-state index contributed by atoms with van der Waals surface area (Å²) in [5.41, 5.74) is 2.47. The summed E-state index contributed by atoms with van der Waals surface area (Å²) in [6, 6.07) is 14.4. The second-order valence-electron chi connectivity index (χ2n) is 6.57. The van der Waals surface area contributed by atoms with Crippen LogP contribution in [0.5, 0.6) is 0 Å². The van der Waals surface area contributed by atoms with Gasteiger partial charge in [0.05, 0.1) is 12.6 Å². The number of nitrogens with one attached hydrogen (secondary N) is 1. The van der Waals surface area contributed by atoms with Gasteiger partial charge in [-0.15, -0.1) is 0 Å². The van der Waals surface area contributed by atoms with Crippen molar-refractivity contribution in [3.05, 3.63) is 70.1 Å². The van der Waals surface area contributed by atoms with Gasteiger partial charge in [0, 0.05) is 32.0 Å². The standard InChI is InChI=1S/C20H26N2O2/c1-24-19-11-9-18(10-12-19)21-14-16-5-7-17(8-6-16)15-22-13-3-2-4-20(22)23/h2-8,13,18-19,21H,9-12,14-15H2,1H3. The lowest BCUT2D eigenvalue weighted by molar-refractivity contribution is 0.0624. The van der Waals surface area contributed by atoms with Gasteiger partial charge in [-0.05, 0) is 42.9 Å². The van der Waals surface area contributed by atoms with E-state index in [2.05, 4.69) is 29.6 Å². The number of rotatable bonds is 6. The Morgan fingerprint density at radius 3 is 2.42 bits per heavy atom. The largest absolute Gasteiger partial charge is 0.381 e. The van der Waals surface area contributed by atoms with E-state index in [0.29, 0.717) is 18.7 Å². The van der Waals surface area contributed by atoms with Crippen molar-refractivity contribution in [1.82, 2.24) is 9.88 Å². The molecule has 1 aromatic carbocycles. The predicted octanol–water partition coefficient (Wildman–Crippen LogP) is 2.94. The molecule has 0 amide bonds. The molecule has 0 bridgehead atoms. The molecule has 1 N–H and O–H groups in total. The zero-order valence-electron chi connectivity index (χ0n) is 14.3. The van der Waals surface area contributed by atoms with Crippen LogP contribution in [0, 0.1) is 0 Å². The number of aromatic nitrogens is 1. The number of nitrogens with zero attached hydrogens (tertiary/aromatic N) is 1. The third-order valence-electron chi connectivity index (χ3n) is 4.88. The number of hydrogen-bond donors (Lipinski definition) is 1. The fraction of sp³-hybridized carbons (Fsp3) is 0.450. The van der Waals surface area contributed by atoms with Gasteiger partial charge in [0.1, 0.15) is 0 Å². The van der Waals surface area contributed by atoms with Crippen LogP contribution in [-0.2, 0) is 17.8 Å². The van der Waals surface area contributed by atoms with Crippen LogP contribution in [-0.4, -0.2) is 23.8 Å². The van der Waals surface area contributed by atoms with Crippen molar-refractivity contribution in [2.75, 3.05) is 7.11 Å². The van der Waals surface area contributed by atoms with E-state index in [-0.39, 0.29) is 5.56 Å². The highest BCUT2D eigenvalue weighted by molar-refractivity contribution is 5.23. The monoisotopic (exact) mass is 326 g/mol. The Morgan fingerprint density at radius 2 is 1.75 bits per heavy atom. The minimum absolute atomic E-state index is 0.0369. The summed E-state index contributed by atoms with van der Waals surface area (Å²) in [6.45, 7) is 1.52. The third-order valence-corrected chi connectivity index (χ3v) is 4.88. The summed E-state index contributed by atoms with van der Waals surface area (Å²) in [5.74, 6) is 0. The van der Waals surface area contributed by atoms with E-state index in [9.17, 15) is 4.79 Å². The first-order chi connectivity index (χ1) is 11.7. The van der Waals surface area contributed by atoms with E-state index in [1.165, 1.54) is 18.4 Å². The normalized spacial score (nSPS) is 20.9. The van der Waals surface area contributed by atoms with Gasteiger partial charge in [-0.25, -0.2) is 0 Å². The minimum Gasteiger partial charge on any atom is -0.381 e. The molecule has 1 saturated carbocycles. The average Bonchev–Trinajstić information content (AvgIpc) is 2.63. The van der Waals surface area contributed by atoms with Crippen LogP contribution in [0.1, 0.15) is 36.8 Å². The second-order valence-corrected chi connectivity index (χ2v) is 6.57. The lowest BCUT2D eigenvalue weighted by Crippen LogP contribution is -2.34. The number of benzene rings is 1. The van der Waals surface area contributed by atoms with Gasteiger partial charge in [0.15, 0.2) is 0 Å². The summed E-state index contributed by atoms with van der Waals surface area (Å²) in [7, 11) is 1.81. The lowest BCUT2D eigenvalue weighted by Gasteiger charge is -2.28. The van der Waals surface area contributed by atoms with Gasteiger partial charge in [0.25, 0.3) is 5.56 Å². The number of methoxy groups -OCH3 is 1. The van der Waals surface area contributed by atoms with Crippen molar-refractivity contribution in [3.63, 3.8) is 0 Å². The molecule has 24 heavy (non-hydrogen) atoms. The maximum atomic E-state index is 11.8. The zero-order valence-corrected chi connectivity index (χ0v) is 14.3. The van der Waals surface area contributed by atoms with Crippen LogP contribution in [0.3, 0.4) is 0 Å². The van der Waals surface area contributed by atoms with Gasteiger partial charge in [-0.2, -0.15) is 0 Å². The van der Waals surface area contributed by atoms with E-state index in [4.69, 9.17) is 4.74 Å². The van der Waals surface area contributed by atoms with Crippen molar-refractivity contribution < 1.29 is 4.74 Å². The maximum absolute atomic E-state index is 11.8. The van der Waals surface area contributed by atoms with Crippen molar-refractivity contribution in [2.45, 2.75) is 50.9 Å². The van der Waals surface area contributed by atoms with Crippen LogP contribution in [0.2, 0.25) is 0 Å². The zero-order chi connectivity index (χ0) is 16.8. The Kier molecular flexibility index (Phi) is 5.83. The first kappa shape index (κ1) is 16.9. The lowest BCUT2D eigenvalue weighted by atomic mass is 9.93. The molecule has 4 heteroatoms. The Bertz CT molecular complexity index is 685. The van der Waals surface area contributed by atoms with Crippen LogP contribution in [0.25, 0.3) is 0 Å². The van der Waals surface area contributed by atoms with E-state index in [1.807, 2.05) is 19.4 Å². The summed E-state index contributed by atoms with van der Waals surface area (Å²) in [4.78, 5) is 11.8. The van der Waals surface area contributed by atoms with Crippen molar-refractivity contribution in [1.29, 1.82) is 0 Å². The molecule has 1 aliphatic carbocycles. The highest BCUT2D eigenvalue weighted by Gasteiger charge is 2.20. The Balaban J connectivity index is 1.50. The van der Waals surface area contributed by atoms with Crippen LogP contribution >= 0.6 is 0 Å². The Morgan fingerprint density at radius 1 is 1.04 bits per heavy atom. The smallest absolute Gasteiger partial charge is 0.250 e. The molecule has 0 radical (unpaired) electrons. The van der Waals surface area contributed by atoms with E-state index >= 15 is 0 Å². The number of pyridine rings is 1. The highest BCUT2D eigenvalue weighted by Crippen LogP contribution is 2.21. The summed E-state index contributed by atoms with van der Waals surface area (Å²) >= 11 is 0. The first-order valence-electron chi connectivity index (χ1n) is 8.74. The molecule has 128 valence electrons. The maximum Gasteiger partial charge on any atom is 0.250 e. The molecule has 0 saturated heterocycles.